The van der Waals surface area contributed by atoms with Crippen molar-refractivity contribution in [3.05, 3.63) is 58.1 Å². The molecule has 0 atom stereocenters. The average molecular weight is 377 g/mol. The lowest BCUT2D eigenvalue weighted by Gasteiger charge is -2.13. The number of rotatable bonds is 8. The van der Waals surface area contributed by atoms with Crippen LogP contribution in [0.15, 0.2) is 36.4 Å². The molecule has 1 amide bonds. The summed E-state index contributed by atoms with van der Waals surface area (Å²) < 4.78 is 10.5. The van der Waals surface area contributed by atoms with Crippen LogP contribution in [0.3, 0.4) is 0 Å². The molecular weight excluding hydrogens is 356 g/mol. The normalized spacial score (nSPS) is 10.5. The third kappa shape index (κ3) is 5.05. The highest BCUT2D eigenvalue weighted by Crippen LogP contribution is 2.25. The van der Waals surface area contributed by atoms with Crippen molar-refractivity contribution in [2.75, 3.05) is 25.6 Å². The maximum atomic E-state index is 12.5. The summed E-state index contributed by atoms with van der Waals surface area (Å²) in [6.07, 6.45) is 0. The van der Waals surface area contributed by atoms with Crippen molar-refractivity contribution >= 4 is 29.0 Å². The lowest BCUT2D eigenvalue weighted by molar-refractivity contribution is 0.1000. The maximum absolute atomic E-state index is 12.5. The van der Waals surface area contributed by atoms with Gasteiger partial charge in [0.2, 0.25) is 0 Å². The fourth-order valence-corrected chi connectivity index (χ4v) is 2.52. The van der Waals surface area contributed by atoms with Crippen molar-refractivity contribution in [1.29, 1.82) is 0 Å². The van der Waals surface area contributed by atoms with Crippen molar-refractivity contribution in [2.24, 2.45) is 5.73 Å². The molecule has 0 spiro atoms. The Morgan fingerprint density at radius 1 is 1.12 bits per heavy atom. The van der Waals surface area contributed by atoms with Crippen LogP contribution in [0.25, 0.3) is 0 Å². The van der Waals surface area contributed by atoms with Gasteiger partial charge in [0.05, 0.1) is 22.8 Å². The highest BCUT2D eigenvalue weighted by atomic mass is 35.5. The number of hydrogen-bond donors (Lipinski definition) is 2. The van der Waals surface area contributed by atoms with Crippen LogP contribution in [-0.4, -0.2) is 32.0 Å². The fraction of sp³-hybridized carbons (Fsp3) is 0.263. The quantitative estimate of drug-likeness (QED) is 0.545. The summed E-state index contributed by atoms with van der Waals surface area (Å²) in [7, 11) is 1.57. The first-order chi connectivity index (χ1) is 12.5. The SMILES string of the molecule is COCCOc1ccc(NC(=O)c2cc(CN)ccc2Cl)cc1C(C)=O. The zero-order chi connectivity index (χ0) is 19.1. The molecule has 0 aliphatic heterocycles. The van der Waals surface area contributed by atoms with Gasteiger partial charge in [-0.3, -0.25) is 9.59 Å². The van der Waals surface area contributed by atoms with E-state index in [2.05, 4.69) is 5.32 Å². The van der Waals surface area contributed by atoms with Gasteiger partial charge in [0.1, 0.15) is 12.4 Å². The second-order valence-electron chi connectivity index (χ2n) is 5.58. The van der Waals surface area contributed by atoms with Gasteiger partial charge in [-0.1, -0.05) is 17.7 Å². The average Bonchev–Trinajstić information content (AvgIpc) is 2.63. The highest BCUT2D eigenvalue weighted by Gasteiger charge is 2.14. The Balaban J connectivity index is 2.22. The Hall–Kier alpha value is -2.41. The molecule has 0 saturated heterocycles. The Morgan fingerprint density at radius 3 is 2.54 bits per heavy atom. The van der Waals surface area contributed by atoms with E-state index in [1.165, 1.54) is 6.92 Å². The molecule has 0 radical (unpaired) electrons. The van der Waals surface area contributed by atoms with E-state index in [4.69, 9.17) is 26.8 Å². The third-order valence-corrected chi connectivity index (χ3v) is 4.00. The molecule has 0 heterocycles. The third-order valence-electron chi connectivity index (χ3n) is 3.67. The first-order valence-electron chi connectivity index (χ1n) is 8.02. The van der Waals surface area contributed by atoms with Crippen LogP contribution in [0, 0.1) is 0 Å². The standard InChI is InChI=1S/C19H21ClN2O4/c1-12(23)15-10-14(4-6-18(15)26-8-7-25-2)22-19(24)16-9-13(11-21)3-5-17(16)20/h3-6,9-10H,7-8,11,21H2,1-2H3,(H,22,24). The van der Waals surface area contributed by atoms with Crippen molar-refractivity contribution in [3.63, 3.8) is 0 Å². The highest BCUT2D eigenvalue weighted by molar-refractivity contribution is 6.34. The van der Waals surface area contributed by atoms with Gasteiger partial charge >= 0.3 is 0 Å². The molecule has 0 unspecified atom stereocenters. The number of anilines is 1. The molecule has 2 rings (SSSR count). The molecule has 0 bridgehead atoms. The minimum atomic E-state index is -0.382. The number of benzene rings is 2. The summed E-state index contributed by atoms with van der Waals surface area (Å²) in [5, 5.41) is 3.07. The van der Waals surface area contributed by atoms with Crippen molar-refractivity contribution in [3.8, 4) is 5.75 Å². The van der Waals surface area contributed by atoms with Gasteiger partial charge in [-0.15, -0.1) is 0 Å². The number of ketones is 1. The van der Waals surface area contributed by atoms with Crippen LogP contribution in [0.2, 0.25) is 5.02 Å². The molecule has 6 nitrogen and oxygen atoms in total. The summed E-state index contributed by atoms with van der Waals surface area (Å²) >= 11 is 6.10. The Bertz CT molecular complexity index is 808. The fourth-order valence-electron chi connectivity index (χ4n) is 2.32. The molecular formula is C19H21ClN2O4. The van der Waals surface area contributed by atoms with Crippen LogP contribution in [0.5, 0.6) is 5.75 Å². The largest absolute Gasteiger partial charge is 0.490 e. The summed E-state index contributed by atoms with van der Waals surface area (Å²) in [5.74, 6) is -0.111. The Labute approximate surface area is 157 Å². The number of Topliss-reactive ketones (excluding diaryl/α,β-unsaturated/α-hetero) is 1. The molecule has 7 heteroatoms. The number of nitrogens with two attached hydrogens (primary N) is 1. The lowest BCUT2D eigenvalue weighted by Crippen LogP contribution is -2.14. The Kier molecular flexibility index (Phi) is 7.15. The monoisotopic (exact) mass is 376 g/mol. The second-order valence-corrected chi connectivity index (χ2v) is 5.99. The predicted molar refractivity (Wildman–Crippen MR) is 101 cm³/mol. The smallest absolute Gasteiger partial charge is 0.257 e. The van der Waals surface area contributed by atoms with Crippen molar-refractivity contribution in [2.45, 2.75) is 13.5 Å². The first kappa shape index (κ1) is 19.9. The van der Waals surface area contributed by atoms with Gasteiger partial charge in [-0.2, -0.15) is 0 Å². The van der Waals surface area contributed by atoms with Crippen LogP contribution >= 0.6 is 11.6 Å². The molecule has 138 valence electrons. The lowest BCUT2D eigenvalue weighted by atomic mass is 10.1. The van der Waals surface area contributed by atoms with Crippen molar-refractivity contribution < 1.29 is 19.1 Å². The number of hydrogen-bond acceptors (Lipinski definition) is 5. The van der Waals surface area contributed by atoms with Crippen molar-refractivity contribution in [1.82, 2.24) is 0 Å². The van der Waals surface area contributed by atoms with E-state index in [1.807, 2.05) is 0 Å². The van der Waals surface area contributed by atoms with E-state index in [0.717, 1.165) is 5.56 Å². The molecule has 0 saturated carbocycles. The number of methoxy groups -OCH3 is 1. The molecule has 0 aromatic heterocycles. The number of ether oxygens (including phenoxy) is 2. The summed E-state index contributed by atoms with van der Waals surface area (Å²) in [5.41, 5.74) is 7.56. The number of halogens is 1. The summed E-state index contributed by atoms with van der Waals surface area (Å²) in [6, 6.07) is 9.91. The van der Waals surface area contributed by atoms with E-state index < -0.39 is 0 Å². The number of nitrogens with one attached hydrogen (secondary N) is 1. The van der Waals surface area contributed by atoms with E-state index in [0.29, 0.717) is 47.3 Å². The van der Waals surface area contributed by atoms with Gasteiger partial charge in [-0.25, -0.2) is 0 Å². The summed E-state index contributed by atoms with van der Waals surface area (Å²) in [6.45, 7) is 2.47. The van der Waals surface area contributed by atoms with Gasteiger partial charge in [0.25, 0.3) is 5.91 Å². The first-order valence-corrected chi connectivity index (χ1v) is 8.40. The molecule has 2 aromatic carbocycles. The second kappa shape index (κ2) is 9.33. The van der Waals surface area contributed by atoms with Gasteiger partial charge in [0.15, 0.2) is 5.78 Å². The van der Waals surface area contributed by atoms with Gasteiger partial charge in [0, 0.05) is 19.3 Å². The molecule has 3 N–H and O–H groups in total. The maximum Gasteiger partial charge on any atom is 0.257 e. The van der Waals surface area contributed by atoms with E-state index in [-0.39, 0.29) is 11.7 Å². The minimum Gasteiger partial charge on any atom is -0.490 e. The molecule has 0 fully saturated rings. The van der Waals surface area contributed by atoms with Crippen LogP contribution < -0.4 is 15.8 Å². The zero-order valence-corrected chi connectivity index (χ0v) is 15.4. The molecule has 0 aliphatic carbocycles. The van der Waals surface area contributed by atoms with Gasteiger partial charge < -0.3 is 20.5 Å². The minimum absolute atomic E-state index is 0.170. The number of carbonyl (C=O) groups excluding carboxylic acids is 2. The topological polar surface area (TPSA) is 90.7 Å². The summed E-state index contributed by atoms with van der Waals surface area (Å²) in [4.78, 5) is 24.4. The van der Waals surface area contributed by atoms with Crippen LogP contribution in [0.1, 0.15) is 33.2 Å². The molecule has 0 aliphatic rings. The van der Waals surface area contributed by atoms with Gasteiger partial charge in [-0.05, 0) is 42.8 Å². The van der Waals surface area contributed by atoms with E-state index in [1.54, 1.807) is 43.5 Å². The molecule has 26 heavy (non-hydrogen) atoms. The van der Waals surface area contributed by atoms with Crippen LogP contribution in [-0.2, 0) is 11.3 Å². The van der Waals surface area contributed by atoms with E-state index in [9.17, 15) is 9.59 Å². The predicted octanol–water partition coefficient (Wildman–Crippen LogP) is 3.28. The number of amides is 1. The zero-order valence-electron chi connectivity index (χ0n) is 14.7. The van der Waals surface area contributed by atoms with E-state index >= 15 is 0 Å². The van der Waals surface area contributed by atoms with Crippen LogP contribution in [0.4, 0.5) is 5.69 Å². The Morgan fingerprint density at radius 2 is 1.88 bits per heavy atom. The molecule has 2 aromatic rings. The number of carbonyl (C=O) groups is 2.